The van der Waals surface area contributed by atoms with E-state index in [4.69, 9.17) is 0 Å². The van der Waals surface area contributed by atoms with Crippen LogP contribution in [0.2, 0.25) is 0 Å². The highest BCUT2D eigenvalue weighted by Crippen LogP contribution is 2.30. The van der Waals surface area contributed by atoms with E-state index < -0.39 is 25.8 Å². The summed E-state index contributed by atoms with van der Waals surface area (Å²) >= 11 is 0. The second-order valence-electron chi connectivity index (χ2n) is 7.58. The topological polar surface area (TPSA) is 116 Å². The molecular weight excluding hydrogens is 400 g/mol. The van der Waals surface area contributed by atoms with Gasteiger partial charge in [0.2, 0.25) is 10.0 Å². The molecule has 0 aliphatic rings. The number of aryl methyl sites for hydroxylation is 1. The number of benzene rings is 2. The standard InChI is InChI=1S/C18H26N4O4S2/c1-13-6-8-14(9-7-13)19-16-11-10-15(20-27(5,23)24)12-17(16)21-28(25,26)22-18(2,3)4/h6-12,19-22H,1-5H3. The molecule has 10 heteroatoms. The van der Waals surface area contributed by atoms with Crippen LogP contribution >= 0.6 is 0 Å². The summed E-state index contributed by atoms with van der Waals surface area (Å²) in [7, 11) is -7.40. The SMILES string of the molecule is Cc1ccc(Nc2ccc(NS(C)(=O)=O)cc2NS(=O)(=O)NC(C)(C)C)cc1. The Morgan fingerprint density at radius 2 is 1.36 bits per heavy atom. The molecule has 2 rings (SSSR count). The molecule has 0 bridgehead atoms. The molecule has 2 aromatic carbocycles. The van der Waals surface area contributed by atoms with E-state index in [0.717, 1.165) is 17.5 Å². The summed E-state index contributed by atoms with van der Waals surface area (Å²) in [5, 5.41) is 3.14. The quantitative estimate of drug-likeness (QED) is 0.543. The van der Waals surface area contributed by atoms with Crippen LogP contribution in [0.4, 0.5) is 22.7 Å². The number of hydrogen-bond acceptors (Lipinski definition) is 5. The van der Waals surface area contributed by atoms with Gasteiger partial charge in [-0.05, 0) is 58.0 Å². The molecule has 8 nitrogen and oxygen atoms in total. The predicted octanol–water partition coefficient (Wildman–Crippen LogP) is 3.15. The lowest BCUT2D eigenvalue weighted by molar-refractivity contribution is 0.494. The Morgan fingerprint density at radius 1 is 0.786 bits per heavy atom. The third-order valence-corrected chi connectivity index (χ3v) is 5.31. The highest BCUT2D eigenvalue weighted by Gasteiger charge is 2.21. The maximum Gasteiger partial charge on any atom is 0.299 e. The van der Waals surface area contributed by atoms with Crippen LogP contribution in [0.5, 0.6) is 0 Å². The molecule has 0 atom stereocenters. The molecule has 0 aliphatic heterocycles. The van der Waals surface area contributed by atoms with Crippen LogP contribution in [-0.4, -0.2) is 28.6 Å². The Hall–Kier alpha value is -2.30. The third-order valence-electron chi connectivity index (χ3n) is 3.34. The summed E-state index contributed by atoms with van der Waals surface area (Å²) in [5.41, 5.74) is 2.09. The molecule has 2 aromatic rings. The fourth-order valence-electron chi connectivity index (χ4n) is 2.38. The van der Waals surface area contributed by atoms with Crippen molar-refractivity contribution in [1.29, 1.82) is 0 Å². The van der Waals surface area contributed by atoms with Gasteiger partial charge in [0.1, 0.15) is 0 Å². The van der Waals surface area contributed by atoms with E-state index >= 15 is 0 Å². The number of anilines is 4. The summed E-state index contributed by atoms with van der Waals surface area (Å²) < 4.78 is 55.3. The van der Waals surface area contributed by atoms with E-state index in [1.54, 1.807) is 32.9 Å². The monoisotopic (exact) mass is 426 g/mol. The summed E-state index contributed by atoms with van der Waals surface area (Å²) in [6, 6.07) is 12.1. The smallest absolute Gasteiger partial charge is 0.299 e. The van der Waals surface area contributed by atoms with Gasteiger partial charge in [-0.25, -0.2) is 8.42 Å². The second kappa shape index (κ2) is 7.98. The van der Waals surface area contributed by atoms with E-state index in [-0.39, 0.29) is 11.4 Å². The molecule has 0 unspecified atom stereocenters. The van der Waals surface area contributed by atoms with Crippen molar-refractivity contribution in [3.05, 3.63) is 48.0 Å². The molecular formula is C18H26N4O4S2. The van der Waals surface area contributed by atoms with Crippen LogP contribution in [0.1, 0.15) is 26.3 Å². The summed E-state index contributed by atoms with van der Waals surface area (Å²) in [6.07, 6.45) is 1.02. The summed E-state index contributed by atoms with van der Waals surface area (Å²) in [5.74, 6) is 0. The minimum Gasteiger partial charge on any atom is -0.354 e. The van der Waals surface area contributed by atoms with Crippen molar-refractivity contribution in [3.63, 3.8) is 0 Å². The van der Waals surface area contributed by atoms with Crippen molar-refractivity contribution in [2.24, 2.45) is 0 Å². The molecule has 28 heavy (non-hydrogen) atoms. The van der Waals surface area contributed by atoms with Gasteiger partial charge in [0.25, 0.3) is 10.2 Å². The first-order valence-corrected chi connectivity index (χ1v) is 11.9. The zero-order valence-electron chi connectivity index (χ0n) is 16.5. The maximum absolute atomic E-state index is 12.5. The average Bonchev–Trinajstić information content (AvgIpc) is 2.47. The van der Waals surface area contributed by atoms with Crippen molar-refractivity contribution in [2.75, 3.05) is 21.0 Å². The number of hydrogen-bond donors (Lipinski definition) is 4. The largest absolute Gasteiger partial charge is 0.354 e. The minimum atomic E-state index is -3.89. The molecule has 0 radical (unpaired) electrons. The van der Waals surface area contributed by atoms with E-state index in [9.17, 15) is 16.8 Å². The van der Waals surface area contributed by atoms with Gasteiger partial charge in [-0.1, -0.05) is 17.7 Å². The molecule has 0 aliphatic carbocycles. The van der Waals surface area contributed by atoms with Gasteiger partial charge in [0.15, 0.2) is 0 Å². The lowest BCUT2D eigenvalue weighted by Crippen LogP contribution is -2.43. The lowest BCUT2D eigenvalue weighted by atomic mass is 10.1. The van der Waals surface area contributed by atoms with Gasteiger partial charge in [-0.2, -0.15) is 13.1 Å². The molecule has 0 heterocycles. The maximum atomic E-state index is 12.5. The van der Waals surface area contributed by atoms with Crippen LogP contribution in [0.3, 0.4) is 0 Å². The molecule has 0 aromatic heterocycles. The fourth-order valence-corrected chi connectivity index (χ4v) is 4.25. The van der Waals surface area contributed by atoms with Gasteiger partial charge < -0.3 is 5.32 Å². The first-order valence-electron chi connectivity index (χ1n) is 8.50. The van der Waals surface area contributed by atoms with Gasteiger partial charge in [0.05, 0.1) is 23.3 Å². The zero-order valence-corrected chi connectivity index (χ0v) is 18.1. The van der Waals surface area contributed by atoms with Crippen LogP contribution in [0.15, 0.2) is 42.5 Å². The highest BCUT2D eigenvalue weighted by atomic mass is 32.2. The van der Waals surface area contributed by atoms with Gasteiger partial charge in [0, 0.05) is 11.2 Å². The third kappa shape index (κ3) is 7.37. The Bertz CT molecular complexity index is 1040. The van der Waals surface area contributed by atoms with E-state index in [0.29, 0.717) is 5.69 Å². The van der Waals surface area contributed by atoms with Crippen molar-refractivity contribution >= 4 is 43.0 Å². The summed E-state index contributed by atoms with van der Waals surface area (Å²) in [6.45, 7) is 7.13. The molecule has 4 N–H and O–H groups in total. The molecule has 0 saturated carbocycles. The van der Waals surface area contributed by atoms with Crippen LogP contribution in [-0.2, 0) is 20.2 Å². The first kappa shape index (κ1) is 22.0. The van der Waals surface area contributed by atoms with Crippen molar-refractivity contribution in [1.82, 2.24) is 4.72 Å². The number of sulfonamides is 1. The lowest BCUT2D eigenvalue weighted by Gasteiger charge is -2.22. The zero-order chi connectivity index (χ0) is 21.2. The van der Waals surface area contributed by atoms with Crippen LogP contribution < -0.4 is 19.5 Å². The van der Waals surface area contributed by atoms with Crippen LogP contribution in [0, 0.1) is 6.92 Å². The van der Waals surface area contributed by atoms with E-state index in [1.807, 2.05) is 31.2 Å². The van der Waals surface area contributed by atoms with Crippen molar-refractivity contribution in [3.8, 4) is 0 Å². The Labute approximate surface area is 167 Å². The number of nitrogens with one attached hydrogen (secondary N) is 4. The molecule has 154 valence electrons. The molecule has 0 saturated heterocycles. The predicted molar refractivity (Wildman–Crippen MR) is 115 cm³/mol. The molecule has 0 spiro atoms. The summed E-state index contributed by atoms with van der Waals surface area (Å²) in [4.78, 5) is 0. The Kier molecular flexibility index (Phi) is 6.27. The minimum absolute atomic E-state index is 0.200. The normalized spacial score (nSPS) is 12.5. The molecule has 0 amide bonds. The van der Waals surface area contributed by atoms with Gasteiger partial charge in [-0.3, -0.25) is 9.44 Å². The van der Waals surface area contributed by atoms with E-state index in [2.05, 4.69) is 19.5 Å². The first-order chi connectivity index (χ1) is 12.7. The van der Waals surface area contributed by atoms with Gasteiger partial charge >= 0.3 is 0 Å². The Morgan fingerprint density at radius 3 is 1.89 bits per heavy atom. The second-order valence-corrected chi connectivity index (χ2v) is 10.7. The van der Waals surface area contributed by atoms with Crippen molar-refractivity contribution in [2.45, 2.75) is 33.2 Å². The Balaban J connectivity index is 2.41. The van der Waals surface area contributed by atoms with Crippen LogP contribution in [0.25, 0.3) is 0 Å². The number of rotatable bonds is 7. The van der Waals surface area contributed by atoms with Gasteiger partial charge in [-0.15, -0.1) is 0 Å². The van der Waals surface area contributed by atoms with E-state index in [1.165, 1.54) is 6.07 Å². The highest BCUT2D eigenvalue weighted by molar-refractivity contribution is 7.92. The average molecular weight is 427 g/mol. The fraction of sp³-hybridized carbons (Fsp3) is 0.333. The molecule has 0 fully saturated rings. The van der Waals surface area contributed by atoms with Crippen molar-refractivity contribution < 1.29 is 16.8 Å².